The number of esters is 2. The zero-order chi connectivity index (χ0) is 36.3. The lowest BCUT2D eigenvalue weighted by molar-refractivity contribution is 0.0388. The molecule has 0 saturated heterocycles. The zero-order valence-corrected chi connectivity index (χ0v) is 28.3. The van der Waals surface area contributed by atoms with Gasteiger partial charge >= 0.3 is 11.9 Å². The van der Waals surface area contributed by atoms with Crippen LogP contribution in [0.1, 0.15) is 72.2 Å². The van der Waals surface area contributed by atoms with Crippen LogP contribution in [0.4, 0.5) is 0 Å². The van der Waals surface area contributed by atoms with Gasteiger partial charge in [0.15, 0.2) is 11.4 Å². The highest BCUT2D eigenvalue weighted by Crippen LogP contribution is 2.29. The number of nitriles is 1. The number of nitrogens with zero attached hydrogens (tertiary/aromatic N) is 7. The van der Waals surface area contributed by atoms with Crippen LogP contribution in [-0.2, 0) is 22.6 Å². The van der Waals surface area contributed by atoms with Crippen LogP contribution in [-0.4, -0.2) is 55.7 Å². The van der Waals surface area contributed by atoms with Crippen molar-refractivity contribution in [3.63, 3.8) is 0 Å². The molecule has 11 heteroatoms. The molecule has 4 aromatic carbocycles. The molecule has 0 radical (unpaired) electrons. The molecule has 0 amide bonds. The maximum atomic E-state index is 13.3. The molecule has 0 aliphatic carbocycles. The topological polar surface area (TPSA) is 137 Å². The van der Waals surface area contributed by atoms with Gasteiger partial charge in [-0.1, -0.05) is 66.6 Å². The number of terminal acetylenes is 1. The summed E-state index contributed by atoms with van der Waals surface area (Å²) in [6.07, 6.45) is 9.13. The van der Waals surface area contributed by atoms with Gasteiger partial charge in [-0.15, -0.1) is 6.42 Å². The van der Waals surface area contributed by atoms with Gasteiger partial charge in [-0.25, -0.2) is 19.6 Å². The van der Waals surface area contributed by atoms with Gasteiger partial charge in [0.05, 0.1) is 72.1 Å². The van der Waals surface area contributed by atoms with Crippen LogP contribution in [0.15, 0.2) is 120 Å². The molecule has 0 spiro atoms. The molecule has 0 saturated carbocycles. The Morgan fingerprint density at radius 1 is 0.679 bits per heavy atom. The summed E-state index contributed by atoms with van der Waals surface area (Å²) in [5, 5.41) is 9.58. The lowest BCUT2D eigenvalue weighted by atomic mass is 9.98. The van der Waals surface area contributed by atoms with Crippen LogP contribution in [0.3, 0.4) is 0 Å². The van der Waals surface area contributed by atoms with E-state index in [-0.39, 0.29) is 44.1 Å². The molecule has 11 nitrogen and oxygen atoms in total. The summed E-state index contributed by atoms with van der Waals surface area (Å²) in [6, 6.07) is 32.7. The van der Waals surface area contributed by atoms with E-state index in [4.69, 9.17) is 25.9 Å². The standard InChI is InChI=1S/C42H29N7O4/c1-2-27-14-16-33-31(20-27)37(29-10-5-3-6-11-29)44-23-35-39(46-25-48(33)35)41(50)52-18-9-19-53-42(51)40-36-24-45-38(30-12-7-4-8-13-30)32-21-28(22-43)15-17-34(32)49(36)26-47-40/h1,3-8,10-17,20-21,25-26H,9,18-19,23-24H2. The smallest absolute Gasteiger partial charge is 0.358 e. The molecular weight excluding hydrogens is 667 g/mol. The largest absolute Gasteiger partial charge is 0.461 e. The first-order valence-corrected chi connectivity index (χ1v) is 16.9. The van der Waals surface area contributed by atoms with E-state index in [1.54, 1.807) is 29.4 Å². The van der Waals surface area contributed by atoms with E-state index in [1.807, 2.05) is 89.5 Å². The van der Waals surface area contributed by atoms with Gasteiger partial charge in [0.25, 0.3) is 0 Å². The second kappa shape index (κ2) is 14.1. The van der Waals surface area contributed by atoms with Crippen LogP contribution in [0.25, 0.3) is 11.4 Å². The Balaban J connectivity index is 0.943. The van der Waals surface area contributed by atoms with Crippen molar-refractivity contribution in [3.05, 3.63) is 166 Å². The summed E-state index contributed by atoms with van der Waals surface area (Å²) in [7, 11) is 0. The summed E-state index contributed by atoms with van der Waals surface area (Å²) in [6.45, 7) is 0.363. The molecule has 256 valence electrons. The Hall–Kier alpha value is -7.37. The number of carbonyl (C=O) groups excluding carboxylic acids is 2. The average molecular weight is 696 g/mol. The molecule has 53 heavy (non-hydrogen) atoms. The van der Waals surface area contributed by atoms with E-state index >= 15 is 0 Å². The summed E-state index contributed by atoms with van der Waals surface area (Å²) in [4.78, 5) is 45.1. The number of fused-ring (bicyclic) bond motifs is 6. The first kappa shape index (κ1) is 32.8. The van der Waals surface area contributed by atoms with Crippen molar-refractivity contribution in [1.29, 1.82) is 5.26 Å². The summed E-state index contributed by atoms with van der Waals surface area (Å²) < 4.78 is 14.8. The molecule has 4 heterocycles. The minimum Gasteiger partial charge on any atom is -0.461 e. The zero-order valence-electron chi connectivity index (χ0n) is 28.3. The van der Waals surface area contributed by atoms with Crippen molar-refractivity contribution in [2.75, 3.05) is 13.2 Å². The van der Waals surface area contributed by atoms with Gasteiger partial charge in [-0.05, 0) is 36.4 Å². The molecule has 8 rings (SSSR count). The van der Waals surface area contributed by atoms with Crippen molar-refractivity contribution in [1.82, 2.24) is 19.1 Å². The minimum atomic E-state index is -0.614. The number of hydrogen-bond donors (Lipinski definition) is 0. The highest BCUT2D eigenvalue weighted by molar-refractivity contribution is 6.16. The van der Waals surface area contributed by atoms with Crippen LogP contribution in [0.2, 0.25) is 0 Å². The Labute approximate surface area is 304 Å². The van der Waals surface area contributed by atoms with Gasteiger partial charge in [-0.3, -0.25) is 19.1 Å². The number of aliphatic imine (C=N–C) groups is 2. The van der Waals surface area contributed by atoms with Gasteiger partial charge in [0.1, 0.15) is 12.7 Å². The number of imidazole rings is 2. The first-order chi connectivity index (χ1) is 26.0. The summed E-state index contributed by atoms with van der Waals surface area (Å²) in [5.41, 5.74) is 9.09. The van der Waals surface area contributed by atoms with Crippen molar-refractivity contribution < 1.29 is 19.1 Å². The first-order valence-electron chi connectivity index (χ1n) is 16.9. The van der Waals surface area contributed by atoms with E-state index < -0.39 is 11.9 Å². The van der Waals surface area contributed by atoms with Gasteiger partial charge < -0.3 is 9.47 Å². The third-order valence-corrected chi connectivity index (χ3v) is 9.06. The number of benzene rings is 4. The summed E-state index contributed by atoms with van der Waals surface area (Å²) in [5.74, 6) is 1.48. The molecule has 2 aliphatic rings. The number of carbonyl (C=O) groups is 2. The van der Waals surface area contributed by atoms with Crippen LogP contribution < -0.4 is 0 Å². The maximum absolute atomic E-state index is 13.3. The maximum Gasteiger partial charge on any atom is 0.358 e. The fourth-order valence-electron chi connectivity index (χ4n) is 6.53. The van der Waals surface area contributed by atoms with Crippen LogP contribution in [0, 0.1) is 23.7 Å². The number of ether oxygens (including phenoxy) is 2. The van der Waals surface area contributed by atoms with Crippen LogP contribution in [0.5, 0.6) is 0 Å². The lowest BCUT2D eigenvalue weighted by Gasteiger charge is -2.12. The number of aromatic nitrogens is 4. The van der Waals surface area contributed by atoms with E-state index in [2.05, 4.69) is 22.0 Å². The van der Waals surface area contributed by atoms with Crippen molar-refractivity contribution in [3.8, 4) is 29.8 Å². The third-order valence-electron chi connectivity index (χ3n) is 9.06. The van der Waals surface area contributed by atoms with Gasteiger partial charge in [0.2, 0.25) is 0 Å². The SMILES string of the molecule is C#Cc1ccc2c(c1)C(c1ccccc1)=NCc1c(C(=O)OCCCOC(=O)c3ncn4c3CN=C(c3ccccc3)c3cc(C#N)ccc3-4)ncn1-2. The molecule has 0 N–H and O–H groups in total. The third kappa shape index (κ3) is 6.17. The summed E-state index contributed by atoms with van der Waals surface area (Å²) >= 11 is 0. The van der Waals surface area contributed by atoms with Crippen molar-refractivity contribution in [2.45, 2.75) is 19.5 Å². The van der Waals surface area contributed by atoms with Crippen LogP contribution >= 0.6 is 0 Å². The molecule has 0 unspecified atom stereocenters. The quantitative estimate of drug-likeness (QED) is 0.108. The monoisotopic (exact) mass is 695 g/mol. The number of rotatable bonds is 8. The predicted molar refractivity (Wildman–Crippen MR) is 197 cm³/mol. The second-order valence-electron chi connectivity index (χ2n) is 12.2. The van der Waals surface area contributed by atoms with Crippen molar-refractivity contribution >= 4 is 23.4 Å². The van der Waals surface area contributed by atoms with E-state index in [1.165, 1.54) is 0 Å². The molecule has 2 aromatic heterocycles. The Bertz CT molecular complexity index is 2370. The molecule has 6 aromatic rings. The van der Waals surface area contributed by atoms with E-state index in [9.17, 15) is 14.9 Å². The molecule has 0 atom stereocenters. The second-order valence-corrected chi connectivity index (χ2v) is 12.2. The van der Waals surface area contributed by atoms with Gasteiger partial charge in [0, 0.05) is 34.2 Å². The van der Waals surface area contributed by atoms with E-state index in [0.29, 0.717) is 28.2 Å². The molecule has 0 bridgehead atoms. The van der Waals surface area contributed by atoms with Gasteiger partial charge in [-0.2, -0.15) is 5.26 Å². The normalized spacial score (nSPS) is 12.6. The predicted octanol–water partition coefficient (Wildman–Crippen LogP) is 6.02. The van der Waals surface area contributed by atoms with Crippen molar-refractivity contribution in [2.24, 2.45) is 9.98 Å². The number of hydrogen-bond acceptors (Lipinski definition) is 9. The lowest BCUT2D eigenvalue weighted by Crippen LogP contribution is -2.14. The Kier molecular flexibility index (Phi) is 8.73. The fourth-order valence-corrected chi connectivity index (χ4v) is 6.53. The molecule has 2 aliphatic heterocycles. The minimum absolute atomic E-state index is 0.000307. The molecular formula is C42H29N7O4. The molecule has 0 fully saturated rings. The average Bonchev–Trinajstić information content (AvgIpc) is 3.74. The Morgan fingerprint density at radius 2 is 1.15 bits per heavy atom. The fraction of sp³-hybridized carbons (Fsp3) is 0.119. The highest BCUT2D eigenvalue weighted by atomic mass is 16.5. The van der Waals surface area contributed by atoms with E-state index in [0.717, 1.165) is 39.3 Å². The Morgan fingerprint density at radius 3 is 1.62 bits per heavy atom. The highest BCUT2D eigenvalue weighted by Gasteiger charge is 2.27.